The number of fused-ring (bicyclic) bond motifs is 13. The molecule has 5 N–H and O–H groups in total. The highest BCUT2D eigenvalue weighted by Gasteiger charge is 2.51. The highest BCUT2D eigenvalue weighted by molar-refractivity contribution is 6.21. The van der Waals surface area contributed by atoms with Gasteiger partial charge in [0.2, 0.25) is 5.91 Å². The largest absolute Gasteiger partial charge is 0.507 e. The molecule has 2 aromatic rings. The molecule has 6 heterocycles. The predicted molar refractivity (Wildman–Crippen MR) is 298 cm³/mol. The number of anilines is 1. The molecule has 17 nitrogen and oxygen atoms in total. The van der Waals surface area contributed by atoms with Crippen molar-refractivity contribution in [2.75, 3.05) is 57.7 Å². The molecule has 1 spiro atoms. The smallest absolute Gasteiger partial charge is 0.321 e. The number of nitrogens with one attached hydrogen (secondary N) is 1. The molecule has 0 unspecified atom stereocenters. The Bertz CT molecular complexity index is 2840. The second-order valence-electron chi connectivity index (χ2n) is 24.9. The lowest BCUT2D eigenvalue weighted by molar-refractivity contribution is -0.176. The van der Waals surface area contributed by atoms with E-state index in [4.69, 9.17) is 19.2 Å². The lowest BCUT2D eigenvalue weighted by Crippen LogP contribution is -2.55. The number of hydrogen-bond acceptors (Lipinski definition) is 15. The van der Waals surface area contributed by atoms with Crippen molar-refractivity contribution in [2.45, 2.75) is 164 Å². The molecule has 1 aliphatic carbocycles. The summed E-state index contributed by atoms with van der Waals surface area (Å²) in [5.41, 5.74) is -1.68. The fourth-order valence-corrected chi connectivity index (χ4v) is 13.0. The number of rotatable bonds is 8. The van der Waals surface area contributed by atoms with E-state index < -0.39 is 82.3 Å². The topological polar surface area (TPSA) is 223 Å². The molecule has 17 heteroatoms. The number of hydrogen-bond donors (Lipinski definition) is 5. The number of carbonyl (C=O) groups is 4. The molecule has 2 amide bonds. The van der Waals surface area contributed by atoms with Crippen LogP contribution in [0.1, 0.15) is 143 Å². The summed E-state index contributed by atoms with van der Waals surface area (Å²) in [6, 6.07) is 0. The number of ketones is 1. The fourth-order valence-electron chi connectivity index (χ4n) is 13.0. The molecule has 2 saturated heterocycles. The zero-order valence-corrected chi connectivity index (χ0v) is 48.4. The van der Waals surface area contributed by atoms with Crippen LogP contribution in [0.15, 0.2) is 46.1 Å². The van der Waals surface area contributed by atoms with E-state index in [-0.39, 0.29) is 61.5 Å². The summed E-state index contributed by atoms with van der Waals surface area (Å²) in [6.45, 7) is 27.2. The van der Waals surface area contributed by atoms with Gasteiger partial charge < -0.3 is 49.8 Å². The van der Waals surface area contributed by atoms with Gasteiger partial charge in [0.15, 0.2) is 5.75 Å². The average Bonchev–Trinajstić information content (AvgIpc) is 4.07. The number of phenols is 2. The summed E-state index contributed by atoms with van der Waals surface area (Å²) >= 11 is 0. The second-order valence-corrected chi connectivity index (χ2v) is 24.9. The molecule has 7 aliphatic rings. The van der Waals surface area contributed by atoms with Crippen LogP contribution in [0.4, 0.5) is 5.69 Å². The minimum absolute atomic E-state index is 0.0624. The maximum atomic E-state index is 15.1. The van der Waals surface area contributed by atoms with E-state index in [0.717, 1.165) is 39.3 Å². The molecule has 0 aromatic heterocycles. The van der Waals surface area contributed by atoms with Crippen molar-refractivity contribution in [3.05, 3.63) is 58.0 Å². The minimum atomic E-state index is -1.96. The summed E-state index contributed by atoms with van der Waals surface area (Å²) in [6.07, 6.45) is 12.8. The number of esters is 1. The van der Waals surface area contributed by atoms with Crippen molar-refractivity contribution >= 4 is 40.0 Å². The molecule has 1 saturated carbocycles. The van der Waals surface area contributed by atoms with Crippen molar-refractivity contribution in [3.63, 3.8) is 0 Å². The van der Waals surface area contributed by atoms with Crippen molar-refractivity contribution in [3.8, 4) is 17.2 Å². The van der Waals surface area contributed by atoms with E-state index in [0.29, 0.717) is 49.9 Å². The van der Waals surface area contributed by atoms with Crippen molar-refractivity contribution in [1.29, 1.82) is 0 Å². The van der Waals surface area contributed by atoms with Crippen LogP contribution in [0, 0.1) is 53.8 Å². The third-order valence-electron chi connectivity index (χ3n) is 18.2. The van der Waals surface area contributed by atoms with Gasteiger partial charge in [-0.05, 0) is 76.7 Å². The van der Waals surface area contributed by atoms with Crippen LogP contribution in [-0.2, 0) is 23.9 Å². The summed E-state index contributed by atoms with van der Waals surface area (Å²) < 4.78 is 19.3. The number of nitrogens with zero attached hydrogens (tertiary/aromatic N) is 5. The van der Waals surface area contributed by atoms with Gasteiger partial charge >= 0.3 is 11.8 Å². The number of Topliss-reactive ketones (excluding diaryl/α,β-unsaturated/α-hetero) is 1. The molecular weight excluding hydrogens is 993 g/mol. The Labute approximate surface area is 460 Å². The van der Waals surface area contributed by atoms with Crippen LogP contribution in [0.25, 0.3) is 10.8 Å². The molecule has 0 radical (unpaired) electrons. The van der Waals surface area contributed by atoms with Gasteiger partial charge in [0, 0.05) is 106 Å². The normalized spacial score (nSPS) is 31.2. The molecule has 78 heavy (non-hydrogen) atoms. The molecule has 2 aromatic carbocycles. The van der Waals surface area contributed by atoms with Gasteiger partial charge in [-0.15, -0.1) is 0 Å². The summed E-state index contributed by atoms with van der Waals surface area (Å²) in [4.78, 5) is 74.3. The van der Waals surface area contributed by atoms with Crippen molar-refractivity contribution in [2.24, 2.45) is 56.8 Å². The second kappa shape index (κ2) is 23.4. The number of aromatic hydroxyl groups is 2. The lowest BCUT2D eigenvalue weighted by atomic mass is 9.76. The first-order chi connectivity index (χ1) is 36.8. The number of phenolic OH excluding ortho intramolecular Hbond substituents is 2. The number of carbonyl (C=O) groups excluding carboxylic acids is 4. The van der Waals surface area contributed by atoms with Gasteiger partial charge in [-0.2, -0.15) is 0 Å². The molecule has 6 aliphatic heterocycles. The summed E-state index contributed by atoms with van der Waals surface area (Å²) in [5, 5.41) is 52.0. The molecule has 3 fully saturated rings. The maximum Gasteiger partial charge on any atom is 0.321 e. The van der Waals surface area contributed by atoms with Gasteiger partial charge in [0.05, 0.1) is 35.1 Å². The van der Waals surface area contributed by atoms with Crippen LogP contribution in [0.3, 0.4) is 0 Å². The van der Waals surface area contributed by atoms with Crippen LogP contribution in [0.5, 0.6) is 17.2 Å². The Hall–Kier alpha value is -5.36. The third-order valence-corrected chi connectivity index (χ3v) is 18.2. The SMILES string of the molecule is CC[C@H]1/C=C/O[C@@]2(C)Oc3c(C)c(O)c4c(O)c(c5c(c4c3C2=O)NC2(CCN(CC(C)C)CC2)N=5)=NC(=O)/C(C)=C\C=C\[C@H](C)[C@H](O)[C@@H](C)[C@@H](O)[C@@H](C)[C@H](OC(=O)C(C)(C)C(=O)N2CCN(CC3CCCCC3)CC2)[C@@H]1C. The van der Waals surface area contributed by atoms with E-state index in [2.05, 4.69) is 34.0 Å². The number of aliphatic hydroxyl groups excluding tert-OH is 2. The van der Waals surface area contributed by atoms with E-state index in [1.54, 1.807) is 77.7 Å². The Kier molecular flexibility index (Phi) is 17.6. The van der Waals surface area contributed by atoms with E-state index >= 15 is 4.79 Å². The van der Waals surface area contributed by atoms with E-state index in [9.17, 15) is 34.8 Å². The minimum Gasteiger partial charge on any atom is -0.507 e. The Balaban J connectivity index is 1.15. The number of amides is 2. The van der Waals surface area contributed by atoms with Crippen molar-refractivity contribution < 1.29 is 53.8 Å². The highest BCUT2D eigenvalue weighted by Crippen LogP contribution is 2.51. The zero-order valence-electron chi connectivity index (χ0n) is 48.4. The van der Waals surface area contributed by atoms with Gasteiger partial charge in [0.1, 0.15) is 39.4 Å². The summed E-state index contributed by atoms with van der Waals surface area (Å²) in [7, 11) is 0. The first-order valence-corrected chi connectivity index (χ1v) is 28.9. The Morgan fingerprint density at radius 2 is 1.54 bits per heavy atom. The van der Waals surface area contributed by atoms with Gasteiger partial charge in [-0.3, -0.25) is 29.1 Å². The first kappa shape index (κ1) is 58.8. The molecule has 9 atom stereocenters. The van der Waals surface area contributed by atoms with Gasteiger partial charge in [0.25, 0.3) is 11.7 Å². The average molecular weight is 1080 g/mol. The van der Waals surface area contributed by atoms with Gasteiger partial charge in [-0.25, -0.2) is 4.99 Å². The first-order valence-electron chi connectivity index (χ1n) is 28.9. The lowest BCUT2D eigenvalue weighted by Gasteiger charge is -2.41. The number of piperazine rings is 1. The van der Waals surface area contributed by atoms with Gasteiger partial charge in [-0.1, -0.05) is 86.0 Å². The fraction of sp³-hybridized carbons (Fsp3) is 0.672. The van der Waals surface area contributed by atoms with Crippen LogP contribution < -0.4 is 20.8 Å². The number of benzene rings is 2. The van der Waals surface area contributed by atoms with E-state index in [1.807, 2.05) is 13.8 Å². The monoisotopic (exact) mass is 1080 g/mol. The summed E-state index contributed by atoms with van der Waals surface area (Å²) in [5.74, 6) is -6.89. The predicted octanol–water partition coefficient (Wildman–Crippen LogP) is 7.49. The third kappa shape index (κ3) is 11.5. The zero-order chi connectivity index (χ0) is 56.8. The number of piperidine rings is 1. The molecule has 428 valence electrons. The van der Waals surface area contributed by atoms with Crippen LogP contribution in [0.2, 0.25) is 0 Å². The Morgan fingerprint density at radius 3 is 2.18 bits per heavy atom. The number of aliphatic hydroxyl groups is 2. The standard InChI is InChI=1S/C61H88N6O11/c1-13-42-22-31-76-60(12)55(72)45-43-44(51(70)40(9)54(45)78-60)52(71)48(47-46(43)63-61(64-47)23-25-65(26-24-61)32-34(2)3)62-56(73)36(5)19-17-18-35(4)49(68)38(7)50(69)39(8)53(37(42)6)77-58(75)59(10,11)57(74)67-29-27-66(28-30-67)33-41-20-15-14-16-21-41/h17-19,22,31,34-35,37-39,41-42,49-50,53,63,68-71H,13-16,20-21,23-30,32-33H2,1-12H3/b18-17+,31-22+,36-19-,62-48?/t35-,37+,38+,39+,42-,49-,50+,53+,60-/m0/s1. The van der Waals surface area contributed by atoms with E-state index in [1.165, 1.54) is 45.3 Å². The molecular formula is C61H88N6O11. The maximum absolute atomic E-state index is 15.1. The van der Waals surface area contributed by atoms with Crippen molar-refractivity contribution in [1.82, 2.24) is 14.7 Å². The Morgan fingerprint density at radius 1 is 0.872 bits per heavy atom. The number of likely N-dealkylation sites (tertiary alicyclic amines) is 1. The molecule has 9 rings (SSSR count). The number of ether oxygens (including phenoxy) is 3. The quantitative estimate of drug-likeness (QED) is 0.0982. The molecule has 5 bridgehead atoms. The number of allylic oxidation sites excluding steroid dienone is 3. The van der Waals surface area contributed by atoms with Crippen LogP contribution in [-0.4, -0.2) is 141 Å². The highest BCUT2D eigenvalue weighted by atomic mass is 16.7. The van der Waals surface area contributed by atoms with Crippen LogP contribution >= 0.6 is 0 Å².